The van der Waals surface area contributed by atoms with E-state index in [0.29, 0.717) is 6.04 Å². The van der Waals surface area contributed by atoms with Gasteiger partial charge in [0.05, 0.1) is 12.7 Å². The first kappa shape index (κ1) is 16.2. The van der Waals surface area contributed by atoms with E-state index in [0.717, 1.165) is 32.0 Å². The number of ether oxygens (including phenoxy) is 1. The van der Waals surface area contributed by atoms with Crippen molar-refractivity contribution in [1.29, 1.82) is 0 Å². The molecule has 2 fully saturated rings. The summed E-state index contributed by atoms with van der Waals surface area (Å²) < 4.78 is 5.05. The molecule has 4 heteroatoms. The Morgan fingerprint density at radius 1 is 1.10 bits per heavy atom. The zero-order valence-corrected chi connectivity index (χ0v) is 13.0. The molecule has 2 unspecified atom stereocenters. The van der Waals surface area contributed by atoms with Crippen LogP contribution in [0.5, 0.6) is 0 Å². The Bertz CT molecular complexity index is 255. The molecule has 1 saturated heterocycles. The molecule has 2 aliphatic rings. The standard InChI is InChI=1S/C16H32N2O2/c1-20-12-9-17-13-14-7-10-18(11-8-14)15-5-3-2-4-6-16(15)19/h14-17,19H,2-13H2,1H3. The fraction of sp³-hybridized carbons (Fsp3) is 1.00. The highest BCUT2D eigenvalue weighted by atomic mass is 16.5. The highest BCUT2D eigenvalue weighted by Crippen LogP contribution is 2.26. The Kier molecular flexibility index (Phi) is 7.28. The number of methoxy groups -OCH3 is 1. The lowest BCUT2D eigenvalue weighted by atomic mass is 9.93. The molecule has 0 bridgehead atoms. The molecule has 4 nitrogen and oxygen atoms in total. The molecule has 0 aromatic rings. The number of aliphatic hydroxyl groups excluding tert-OH is 1. The Balaban J connectivity index is 1.67. The number of nitrogens with one attached hydrogen (secondary N) is 1. The summed E-state index contributed by atoms with van der Waals surface area (Å²) in [6, 6.07) is 0.430. The maximum atomic E-state index is 10.3. The predicted octanol–water partition coefficient (Wildman–Crippen LogP) is 1.63. The van der Waals surface area contributed by atoms with Gasteiger partial charge in [-0.15, -0.1) is 0 Å². The zero-order chi connectivity index (χ0) is 14.2. The van der Waals surface area contributed by atoms with Crippen molar-refractivity contribution in [2.45, 2.75) is 57.1 Å². The summed E-state index contributed by atoms with van der Waals surface area (Å²) in [5.74, 6) is 0.797. The van der Waals surface area contributed by atoms with Crippen LogP contribution in [0.3, 0.4) is 0 Å². The van der Waals surface area contributed by atoms with Gasteiger partial charge in [0, 0.05) is 19.7 Å². The number of hydrogen-bond acceptors (Lipinski definition) is 4. The lowest BCUT2D eigenvalue weighted by Gasteiger charge is -2.39. The third-order valence-electron chi connectivity index (χ3n) is 4.98. The number of nitrogens with zero attached hydrogens (tertiary/aromatic N) is 1. The van der Waals surface area contributed by atoms with Crippen molar-refractivity contribution in [3.63, 3.8) is 0 Å². The molecule has 2 atom stereocenters. The molecule has 0 radical (unpaired) electrons. The largest absolute Gasteiger partial charge is 0.391 e. The second-order valence-electron chi connectivity index (χ2n) is 6.45. The van der Waals surface area contributed by atoms with E-state index in [1.165, 1.54) is 51.6 Å². The van der Waals surface area contributed by atoms with E-state index >= 15 is 0 Å². The van der Waals surface area contributed by atoms with E-state index in [2.05, 4.69) is 10.2 Å². The average Bonchev–Trinajstić information content (AvgIpc) is 2.69. The van der Waals surface area contributed by atoms with Crippen LogP contribution in [0.1, 0.15) is 44.9 Å². The zero-order valence-electron chi connectivity index (χ0n) is 13.0. The van der Waals surface area contributed by atoms with Crippen molar-refractivity contribution in [3.05, 3.63) is 0 Å². The summed E-state index contributed by atoms with van der Waals surface area (Å²) >= 11 is 0. The van der Waals surface area contributed by atoms with Gasteiger partial charge in [-0.05, 0) is 51.2 Å². The topological polar surface area (TPSA) is 44.7 Å². The van der Waals surface area contributed by atoms with Crippen molar-refractivity contribution in [3.8, 4) is 0 Å². The molecule has 1 aliphatic carbocycles. The third kappa shape index (κ3) is 4.99. The summed E-state index contributed by atoms with van der Waals surface area (Å²) in [6.45, 7) is 5.20. The van der Waals surface area contributed by atoms with E-state index in [1.807, 2.05) is 0 Å². The molecule has 2 N–H and O–H groups in total. The van der Waals surface area contributed by atoms with Crippen LogP contribution < -0.4 is 5.32 Å². The number of rotatable bonds is 6. The van der Waals surface area contributed by atoms with Gasteiger partial charge in [0.25, 0.3) is 0 Å². The second kappa shape index (κ2) is 8.98. The first-order valence-electron chi connectivity index (χ1n) is 8.43. The van der Waals surface area contributed by atoms with Gasteiger partial charge in [-0.3, -0.25) is 4.90 Å². The minimum atomic E-state index is -0.0890. The summed E-state index contributed by atoms with van der Waals surface area (Å²) in [6.07, 6.45) is 8.44. The average molecular weight is 284 g/mol. The summed E-state index contributed by atoms with van der Waals surface area (Å²) in [4.78, 5) is 2.56. The summed E-state index contributed by atoms with van der Waals surface area (Å²) in [5.41, 5.74) is 0. The minimum absolute atomic E-state index is 0.0890. The van der Waals surface area contributed by atoms with Crippen LogP contribution in [-0.2, 0) is 4.74 Å². The van der Waals surface area contributed by atoms with Gasteiger partial charge in [0.2, 0.25) is 0 Å². The molecule has 0 spiro atoms. The lowest BCUT2D eigenvalue weighted by Crippen LogP contribution is -2.48. The molecule has 0 aromatic heterocycles. The smallest absolute Gasteiger partial charge is 0.0695 e. The fourth-order valence-electron chi connectivity index (χ4n) is 3.66. The van der Waals surface area contributed by atoms with Gasteiger partial charge in [0.15, 0.2) is 0 Å². The predicted molar refractivity (Wildman–Crippen MR) is 81.9 cm³/mol. The van der Waals surface area contributed by atoms with Gasteiger partial charge in [0.1, 0.15) is 0 Å². The highest BCUT2D eigenvalue weighted by Gasteiger charge is 2.30. The molecular weight excluding hydrogens is 252 g/mol. The van der Waals surface area contributed by atoms with Crippen LogP contribution in [0.4, 0.5) is 0 Å². The second-order valence-corrected chi connectivity index (χ2v) is 6.45. The number of hydrogen-bond donors (Lipinski definition) is 2. The maximum absolute atomic E-state index is 10.3. The van der Waals surface area contributed by atoms with Crippen LogP contribution in [0.15, 0.2) is 0 Å². The number of aliphatic hydroxyl groups is 1. The Morgan fingerprint density at radius 2 is 1.85 bits per heavy atom. The molecular formula is C16H32N2O2. The lowest BCUT2D eigenvalue weighted by molar-refractivity contribution is 0.0251. The molecule has 1 saturated carbocycles. The summed E-state index contributed by atoms with van der Waals surface area (Å²) in [5, 5.41) is 13.8. The molecule has 118 valence electrons. The molecule has 20 heavy (non-hydrogen) atoms. The van der Waals surface area contributed by atoms with E-state index in [-0.39, 0.29) is 6.10 Å². The van der Waals surface area contributed by atoms with Gasteiger partial charge in [-0.1, -0.05) is 19.3 Å². The van der Waals surface area contributed by atoms with Crippen molar-refractivity contribution in [1.82, 2.24) is 10.2 Å². The first-order valence-corrected chi connectivity index (χ1v) is 8.43. The summed E-state index contributed by atoms with van der Waals surface area (Å²) in [7, 11) is 1.75. The molecule has 1 heterocycles. The van der Waals surface area contributed by atoms with Gasteiger partial charge in [-0.2, -0.15) is 0 Å². The van der Waals surface area contributed by atoms with E-state index < -0.39 is 0 Å². The highest BCUT2D eigenvalue weighted by molar-refractivity contribution is 4.85. The maximum Gasteiger partial charge on any atom is 0.0695 e. The van der Waals surface area contributed by atoms with Gasteiger partial charge >= 0.3 is 0 Å². The van der Waals surface area contributed by atoms with Gasteiger partial charge < -0.3 is 15.2 Å². The Hall–Kier alpha value is -0.160. The quantitative estimate of drug-likeness (QED) is 0.575. The van der Waals surface area contributed by atoms with Crippen molar-refractivity contribution in [2.24, 2.45) is 5.92 Å². The van der Waals surface area contributed by atoms with Crippen molar-refractivity contribution < 1.29 is 9.84 Å². The number of piperidine rings is 1. The normalized spacial score (nSPS) is 30.3. The van der Waals surface area contributed by atoms with Crippen LogP contribution >= 0.6 is 0 Å². The molecule has 0 amide bonds. The number of likely N-dealkylation sites (tertiary alicyclic amines) is 1. The van der Waals surface area contributed by atoms with E-state index in [9.17, 15) is 5.11 Å². The van der Waals surface area contributed by atoms with Crippen LogP contribution in [0.25, 0.3) is 0 Å². The van der Waals surface area contributed by atoms with E-state index in [4.69, 9.17) is 4.74 Å². The first-order chi connectivity index (χ1) is 9.81. The van der Waals surface area contributed by atoms with E-state index in [1.54, 1.807) is 7.11 Å². The SMILES string of the molecule is COCCNCC1CCN(C2CCCCCC2O)CC1. The fourth-order valence-corrected chi connectivity index (χ4v) is 3.66. The van der Waals surface area contributed by atoms with Crippen molar-refractivity contribution in [2.75, 3.05) is 39.9 Å². The third-order valence-corrected chi connectivity index (χ3v) is 4.98. The van der Waals surface area contributed by atoms with Gasteiger partial charge in [-0.25, -0.2) is 0 Å². The van der Waals surface area contributed by atoms with Crippen LogP contribution in [0, 0.1) is 5.92 Å². The Labute approximate surface area is 123 Å². The van der Waals surface area contributed by atoms with Crippen LogP contribution in [0.2, 0.25) is 0 Å². The Morgan fingerprint density at radius 3 is 2.60 bits per heavy atom. The van der Waals surface area contributed by atoms with Crippen molar-refractivity contribution >= 4 is 0 Å². The monoisotopic (exact) mass is 284 g/mol. The van der Waals surface area contributed by atoms with Crippen LogP contribution in [-0.4, -0.2) is 62.0 Å². The molecule has 2 rings (SSSR count). The molecule has 1 aliphatic heterocycles. The molecule has 0 aromatic carbocycles. The minimum Gasteiger partial charge on any atom is -0.391 e.